The smallest absolute Gasteiger partial charge is 0.0678 e. The minimum absolute atomic E-state index is 0.141. The largest absolute Gasteiger partial charge is 0.320 e. The molecule has 0 aliphatic carbocycles. The van der Waals surface area contributed by atoms with Crippen LogP contribution in [0.1, 0.15) is 16.5 Å². The number of pyridine rings is 1. The predicted molar refractivity (Wildman–Crippen MR) is 79.8 cm³/mol. The van der Waals surface area contributed by atoms with Crippen molar-refractivity contribution in [1.82, 2.24) is 4.98 Å². The fourth-order valence-electron chi connectivity index (χ4n) is 2.06. The zero-order valence-electron chi connectivity index (χ0n) is 9.51. The van der Waals surface area contributed by atoms with E-state index in [0.717, 1.165) is 20.3 Å². The molecule has 0 aliphatic rings. The van der Waals surface area contributed by atoms with Crippen LogP contribution in [0.15, 0.2) is 52.6 Å². The monoisotopic (exact) mass is 318 g/mol. The van der Waals surface area contributed by atoms with Gasteiger partial charge in [-0.05, 0) is 32.8 Å². The maximum absolute atomic E-state index is 6.37. The van der Waals surface area contributed by atoms with E-state index in [0.29, 0.717) is 0 Å². The molecule has 0 saturated heterocycles. The summed E-state index contributed by atoms with van der Waals surface area (Å²) >= 11 is 5.20. The molecule has 0 spiro atoms. The van der Waals surface area contributed by atoms with Gasteiger partial charge in [0.25, 0.3) is 0 Å². The molecule has 0 aliphatic heterocycles. The molecule has 2 aromatic heterocycles. The zero-order chi connectivity index (χ0) is 12.5. The van der Waals surface area contributed by atoms with Gasteiger partial charge in [0, 0.05) is 32.7 Å². The van der Waals surface area contributed by atoms with E-state index in [-0.39, 0.29) is 6.04 Å². The topological polar surface area (TPSA) is 38.9 Å². The highest BCUT2D eigenvalue weighted by atomic mass is 79.9. The van der Waals surface area contributed by atoms with E-state index in [9.17, 15) is 0 Å². The Morgan fingerprint density at radius 1 is 1.17 bits per heavy atom. The average Bonchev–Trinajstić information content (AvgIpc) is 2.83. The van der Waals surface area contributed by atoms with Crippen LogP contribution >= 0.6 is 27.3 Å². The standard InChI is InChI=1S/C14H11BrN2S/c15-12-5-6-18-14(12)13(16)11-8-17-7-9-3-1-2-4-10(9)11/h1-8,13H,16H2. The van der Waals surface area contributed by atoms with Crippen LogP contribution in [0.25, 0.3) is 10.8 Å². The first kappa shape index (κ1) is 11.8. The number of hydrogen-bond donors (Lipinski definition) is 1. The molecule has 1 aromatic carbocycles. The Labute approximate surface area is 118 Å². The summed E-state index contributed by atoms with van der Waals surface area (Å²) in [4.78, 5) is 5.42. The van der Waals surface area contributed by atoms with Gasteiger partial charge in [-0.15, -0.1) is 11.3 Å². The van der Waals surface area contributed by atoms with Crippen molar-refractivity contribution in [2.75, 3.05) is 0 Å². The van der Waals surface area contributed by atoms with E-state index in [4.69, 9.17) is 5.73 Å². The van der Waals surface area contributed by atoms with Crippen LogP contribution in [-0.4, -0.2) is 4.98 Å². The van der Waals surface area contributed by atoms with E-state index in [1.165, 1.54) is 5.39 Å². The summed E-state index contributed by atoms with van der Waals surface area (Å²) in [6, 6.07) is 10.1. The summed E-state index contributed by atoms with van der Waals surface area (Å²) in [7, 11) is 0. The Morgan fingerprint density at radius 2 is 2.00 bits per heavy atom. The second-order valence-electron chi connectivity index (χ2n) is 4.06. The minimum atomic E-state index is -0.141. The van der Waals surface area contributed by atoms with Gasteiger partial charge in [-0.3, -0.25) is 4.98 Å². The number of thiophene rings is 1. The highest BCUT2D eigenvalue weighted by molar-refractivity contribution is 9.10. The molecule has 2 heterocycles. The number of nitrogens with zero attached hydrogens (tertiary/aromatic N) is 1. The molecule has 18 heavy (non-hydrogen) atoms. The molecule has 0 bridgehead atoms. The second kappa shape index (κ2) is 4.80. The van der Waals surface area contributed by atoms with Crippen molar-refractivity contribution in [3.05, 3.63) is 63.0 Å². The van der Waals surface area contributed by atoms with Crippen LogP contribution < -0.4 is 5.73 Å². The Kier molecular flexibility index (Phi) is 3.16. The lowest BCUT2D eigenvalue weighted by Gasteiger charge is -2.13. The van der Waals surface area contributed by atoms with E-state index in [1.54, 1.807) is 11.3 Å². The molecule has 2 N–H and O–H groups in total. The highest BCUT2D eigenvalue weighted by Crippen LogP contribution is 2.33. The fourth-order valence-corrected chi connectivity index (χ4v) is 3.70. The fraction of sp³-hybridized carbons (Fsp3) is 0.0714. The Balaban J connectivity index is 2.18. The van der Waals surface area contributed by atoms with Crippen LogP contribution in [-0.2, 0) is 0 Å². The van der Waals surface area contributed by atoms with Crippen LogP contribution in [0.4, 0.5) is 0 Å². The zero-order valence-corrected chi connectivity index (χ0v) is 11.9. The van der Waals surface area contributed by atoms with Crippen LogP contribution in [0.3, 0.4) is 0 Å². The predicted octanol–water partition coefficient (Wildman–Crippen LogP) is 4.11. The van der Waals surface area contributed by atoms with Crippen molar-refractivity contribution in [1.29, 1.82) is 0 Å². The average molecular weight is 319 g/mol. The first-order chi connectivity index (χ1) is 8.77. The molecule has 1 atom stereocenters. The van der Waals surface area contributed by atoms with Crippen LogP contribution in [0.5, 0.6) is 0 Å². The van der Waals surface area contributed by atoms with Gasteiger partial charge >= 0.3 is 0 Å². The molecule has 3 rings (SSSR count). The number of halogens is 1. The number of nitrogens with two attached hydrogens (primary N) is 1. The van der Waals surface area contributed by atoms with E-state index in [2.05, 4.69) is 33.0 Å². The molecule has 90 valence electrons. The number of hydrogen-bond acceptors (Lipinski definition) is 3. The van der Waals surface area contributed by atoms with Gasteiger partial charge in [-0.1, -0.05) is 24.3 Å². The molecular weight excluding hydrogens is 308 g/mol. The molecule has 3 aromatic rings. The van der Waals surface area contributed by atoms with Gasteiger partial charge in [-0.2, -0.15) is 0 Å². The van der Waals surface area contributed by atoms with Crippen molar-refractivity contribution in [3.8, 4) is 0 Å². The summed E-state index contributed by atoms with van der Waals surface area (Å²) in [5, 5.41) is 4.33. The number of aromatic nitrogens is 1. The second-order valence-corrected chi connectivity index (χ2v) is 5.86. The Morgan fingerprint density at radius 3 is 2.78 bits per heavy atom. The Bertz CT molecular complexity index is 688. The lowest BCUT2D eigenvalue weighted by Crippen LogP contribution is -2.11. The molecule has 0 fully saturated rings. The molecule has 0 saturated carbocycles. The lowest BCUT2D eigenvalue weighted by molar-refractivity contribution is 0.891. The third-order valence-corrected chi connectivity index (χ3v) is 4.92. The molecule has 1 unspecified atom stereocenters. The number of benzene rings is 1. The maximum atomic E-state index is 6.37. The molecule has 2 nitrogen and oxygen atoms in total. The molecule has 4 heteroatoms. The van der Waals surface area contributed by atoms with Crippen molar-refractivity contribution in [2.45, 2.75) is 6.04 Å². The quantitative estimate of drug-likeness (QED) is 0.772. The SMILES string of the molecule is NC(c1sccc1Br)c1cncc2ccccc12. The first-order valence-electron chi connectivity index (χ1n) is 5.58. The van der Waals surface area contributed by atoms with Crippen LogP contribution in [0, 0.1) is 0 Å². The van der Waals surface area contributed by atoms with Gasteiger partial charge in [0.2, 0.25) is 0 Å². The van der Waals surface area contributed by atoms with Gasteiger partial charge in [0.05, 0.1) is 6.04 Å². The minimum Gasteiger partial charge on any atom is -0.320 e. The van der Waals surface area contributed by atoms with Crippen molar-refractivity contribution in [2.24, 2.45) is 5.73 Å². The van der Waals surface area contributed by atoms with Crippen molar-refractivity contribution in [3.63, 3.8) is 0 Å². The summed E-state index contributed by atoms with van der Waals surface area (Å²) in [6.07, 6.45) is 3.73. The molecular formula is C14H11BrN2S. The number of rotatable bonds is 2. The highest BCUT2D eigenvalue weighted by Gasteiger charge is 2.16. The Hall–Kier alpha value is -1.23. The van der Waals surface area contributed by atoms with Gasteiger partial charge in [-0.25, -0.2) is 0 Å². The first-order valence-corrected chi connectivity index (χ1v) is 7.26. The molecule has 0 radical (unpaired) electrons. The third-order valence-electron chi connectivity index (χ3n) is 2.96. The third kappa shape index (κ3) is 1.96. The normalized spacial score (nSPS) is 12.8. The van der Waals surface area contributed by atoms with E-state index in [1.807, 2.05) is 36.0 Å². The van der Waals surface area contributed by atoms with Crippen LogP contribution in [0.2, 0.25) is 0 Å². The maximum Gasteiger partial charge on any atom is 0.0678 e. The summed E-state index contributed by atoms with van der Waals surface area (Å²) in [5.74, 6) is 0. The van der Waals surface area contributed by atoms with Gasteiger partial charge in [0.15, 0.2) is 0 Å². The summed E-state index contributed by atoms with van der Waals surface area (Å²) in [6.45, 7) is 0. The summed E-state index contributed by atoms with van der Waals surface area (Å²) in [5.41, 5.74) is 7.43. The number of fused-ring (bicyclic) bond motifs is 1. The van der Waals surface area contributed by atoms with Crippen molar-refractivity contribution >= 4 is 38.0 Å². The van der Waals surface area contributed by atoms with Crippen molar-refractivity contribution < 1.29 is 0 Å². The van der Waals surface area contributed by atoms with E-state index >= 15 is 0 Å². The lowest BCUT2D eigenvalue weighted by atomic mass is 10.0. The van der Waals surface area contributed by atoms with E-state index < -0.39 is 0 Å². The molecule has 0 amide bonds. The van der Waals surface area contributed by atoms with Gasteiger partial charge in [0.1, 0.15) is 0 Å². The summed E-state index contributed by atoms with van der Waals surface area (Å²) < 4.78 is 1.06. The van der Waals surface area contributed by atoms with Gasteiger partial charge < -0.3 is 5.73 Å².